The molecule has 154 valence electrons. The summed E-state index contributed by atoms with van der Waals surface area (Å²) < 4.78 is 28.9. The number of H-pyrrole nitrogens is 1. The van der Waals surface area contributed by atoms with Crippen LogP contribution in [0.2, 0.25) is 0 Å². The van der Waals surface area contributed by atoms with Gasteiger partial charge in [0.1, 0.15) is 0 Å². The first-order valence-corrected chi connectivity index (χ1v) is 11.3. The molecule has 5 nitrogen and oxygen atoms in total. The molecule has 0 aliphatic heterocycles. The number of fused-ring (bicyclic) bond motifs is 1. The lowest BCUT2D eigenvalue weighted by Gasteiger charge is -2.21. The van der Waals surface area contributed by atoms with Crippen LogP contribution in [0.3, 0.4) is 0 Å². The van der Waals surface area contributed by atoms with Crippen LogP contribution in [0.5, 0.6) is 0 Å². The van der Waals surface area contributed by atoms with Crippen molar-refractivity contribution in [2.24, 2.45) is 0 Å². The lowest BCUT2D eigenvalue weighted by molar-refractivity contribution is 0.503. The Morgan fingerprint density at radius 1 is 0.867 bits per heavy atom. The van der Waals surface area contributed by atoms with Gasteiger partial charge in [-0.2, -0.15) is 12.7 Å². The van der Waals surface area contributed by atoms with Gasteiger partial charge in [-0.15, -0.1) is 0 Å². The molecule has 0 saturated heterocycles. The molecule has 0 spiro atoms. The van der Waals surface area contributed by atoms with E-state index < -0.39 is 10.2 Å². The van der Waals surface area contributed by atoms with Crippen molar-refractivity contribution in [1.29, 1.82) is 0 Å². The Bertz CT molecular complexity index is 1230. The topological polar surface area (TPSA) is 65.2 Å². The van der Waals surface area contributed by atoms with Crippen molar-refractivity contribution < 1.29 is 8.42 Å². The Balaban J connectivity index is 1.90. The van der Waals surface area contributed by atoms with Crippen LogP contribution in [-0.4, -0.2) is 38.3 Å². The smallest absolute Gasteiger partial charge is 0.278 e. The van der Waals surface area contributed by atoms with Gasteiger partial charge in [-0.3, -0.25) is 0 Å². The maximum Gasteiger partial charge on any atom is 0.278 e. The van der Waals surface area contributed by atoms with Crippen LogP contribution >= 0.6 is 0 Å². The monoisotopic (exact) mass is 419 g/mol. The Labute approximate surface area is 177 Å². The van der Waals surface area contributed by atoms with E-state index >= 15 is 0 Å². The van der Waals surface area contributed by atoms with E-state index in [0.29, 0.717) is 0 Å². The van der Waals surface area contributed by atoms with Crippen LogP contribution in [-0.2, 0) is 10.2 Å². The van der Waals surface area contributed by atoms with Gasteiger partial charge in [-0.25, -0.2) is 4.72 Å². The van der Waals surface area contributed by atoms with Crippen LogP contribution in [0.15, 0.2) is 84.9 Å². The third kappa shape index (κ3) is 4.03. The minimum atomic E-state index is -3.55. The van der Waals surface area contributed by atoms with Crippen molar-refractivity contribution in [1.82, 2.24) is 14.0 Å². The minimum absolute atomic E-state index is 0.160. The van der Waals surface area contributed by atoms with Gasteiger partial charge >= 0.3 is 0 Å². The summed E-state index contributed by atoms with van der Waals surface area (Å²) in [6.07, 6.45) is 0. The SMILES string of the molecule is CN(C)S(=O)(=O)NC[C@@H](c1ccccc1)c1c(-c2ccccc2)[nH]c2ccccc12. The van der Waals surface area contributed by atoms with Crippen LogP contribution in [0.25, 0.3) is 22.2 Å². The second-order valence-corrected chi connectivity index (χ2v) is 9.39. The molecular weight excluding hydrogens is 394 g/mol. The van der Waals surface area contributed by atoms with E-state index in [1.165, 1.54) is 18.4 Å². The summed E-state index contributed by atoms with van der Waals surface area (Å²) >= 11 is 0. The highest BCUT2D eigenvalue weighted by atomic mass is 32.2. The average Bonchev–Trinajstić information content (AvgIpc) is 3.15. The number of para-hydroxylation sites is 1. The Morgan fingerprint density at radius 3 is 2.13 bits per heavy atom. The summed E-state index contributed by atoms with van der Waals surface area (Å²) in [7, 11) is -0.493. The maximum atomic E-state index is 12.5. The van der Waals surface area contributed by atoms with Crippen molar-refractivity contribution in [2.75, 3.05) is 20.6 Å². The van der Waals surface area contributed by atoms with E-state index in [4.69, 9.17) is 0 Å². The Hall–Kier alpha value is -2.93. The van der Waals surface area contributed by atoms with Crippen molar-refractivity contribution in [3.8, 4) is 11.3 Å². The molecule has 1 atom stereocenters. The first-order chi connectivity index (χ1) is 14.5. The molecule has 1 heterocycles. The standard InChI is InChI=1S/C24H25N3O2S/c1-27(2)30(28,29)25-17-21(18-11-5-3-6-12-18)23-20-15-9-10-16-22(20)26-24(23)19-13-7-4-8-14-19/h3-16,21,25-26H,17H2,1-2H3/t21-/m0/s1. The third-order valence-corrected chi connectivity index (χ3v) is 6.80. The van der Waals surface area contributed by atoms with Crippen LogP contribution in [0, 0.1) is 0 Å². The fourth-order valence-electron chi connectivity index (χ4n) is 3.75. The van der Waals surface area contributed by atoms with E-state index in [-0.39, 0.29) is 12.5 Å². The molecular formula is C24H25N3O2S. The number of hydrogen-bond donors (Lipinski definition) is 2. The van der Waals surface area contributed by atoms with Gasteiger partial charge in [0, 0.05) is 37.5 Å². The summed E-state index contributed by atoms with van der Waals surface area (Å²) in [5, 5.41) is 1.09. The van der Waals surface area contributed by atoms with Crippen LogP contribution in [0.4, 0.5) is 0 Å². The molecule has 3 aromatic carbocycles. The summed E-state index contributed by atoms with van der Waals surface area (Å²) in [6, 6.07) is 28.3. The molecule has 4 aromatic rings. The molecule has 0 fully saturated rings. The summed E-state index contributed by atoms with van der Waals surface area (Å²) in [5.74, 6) is -0.160. The van der Waals surface area contributed by atoms with Crippen molar-refractivity contribution in [2.45, 2.75) is 5.92 Å². The number of nitrogens with one attached hydrogen (secondary N) is 2. The predicted molar refractivity (Wildman–Crippen MR) is 123 cm³/mol. The number of aromatic amines is 1. The normalized spacial score (nSPS) is 13.0. The highest BCUT2D eigenvalue weighted by Gasteiger charge is 2.25. The van der Waals surface area contributed by atoms with Crippen LogP contribution < -0.4 is 4.72 Å². The second-order valence-electron chi connectivity index (χ2n) is 7.42. The third-order valence-electron chi connectivity index (χ3n) is 5.31. The van der Waals surface area contributed by atoms with E-state index in [1.807, 2.05) is 60.7 Å². The van der Waals surface area contributed by atoms with Gasteiger partial charge in [0.05, 0.1) is 5.69 Å². The molecule has 2 N–H and O–H groups in total. The molecule has 30 heavy (non-hydrogen) atoms. The van der Waals surface area contributed by atoms with E-state index in [2.05, 4.69) is 34.0 Å². The maximum absolute atomic E-state index is 12.5. The molecule has 0 unspecified atom stereocenters. The van der Waals surface area contributed by atoms with Crippen molar-refractivity contribution in [3.05, 3.63) is 96.1 Å². The minimum Gasteiger partial charge on any atom is -0.354 e. The first kappa shape index (κ1) is 20.3. The van der Waals surface area contributed by atoms with Gasteiger partial charge < -0.3 is 4.98 Å². The fourth-order valence-corrected chi connectivity index (χ4v) is 4.38. The number of aromatic nitrogens is 1. The number of nitrogens with zero attached hydrogens (tertiary/aromatic N) is 1. The molecule has 0 radical (unpaired) electrons. The lowest BCUT2D eigenvalue weighted by Crippen LogP contribution is -2.38. The molecule has 0 saturated carbocycles. The quantitative estimate of drug-likeness (QED) is 0.467. The second kappa shape index (κ2) is 8.44. The predicted octanol–water partition coefficient (Wildman–Crippen LogP) is 4.36. The largest absolute Gasteiger partial charge is 0.354 e. The molecule has 0 aliphatic rings. The fraction of sp³-hybridized carbons (Fsp3) is 0.167. The number of hydrogen-bond acceptors (Lipinski definition) is 2. The molecule has 0 bridgehead atoms. The van der Waals surface area contributed by atoms with Gasteiger partial charge in [0.25, 0.3) is 10.2 Å². The van der Waals surface area contributed by atoms with Crippen molar-refractivity contribution >= 4 is 21.1 Å². The Morgan fingerprint density at radius 2 is 1.47 bits per heavy atom. The van der Waals surface area contributed by atoms with Gasteiger partial charge in [-0.05, 0) is 22.8 Å². The number of benzene rings is 3. The first-order valence-electron chi connectivity index (χ1n) is 9.85. The average molecular weight is 420 g/mol. The molecule has 0 amide bonds. The van der Waals surface area contributed by atoms with E-state index in [9.17, 15) is 8.42 Å². The van der Waals surface area contributed by atoms with Crippen molar-refractivity contribution in [3.63, 3.8) is 0 Å². The number of rotatable bonds is 7. The highest BCUT2D eigenvalue weighted by molar-refractivity contribution is 7.87. The Kier molecular flexibility index (Phi) is 5.72. The van der Waals surface area contributed by atoms with E-state index in [0.717, 1.165) is 33.3 Å². The van der Waals surface area contributed by atoms with Gasteiger partial charge in [-0.1, -0.05) is 78.9 Å². The zero-order valence-corrected chi connectivity index (χ0v) is 17.9. The zero-order valence-electron chi connectivity index (χ0n) is 17.0. The highest BCUT2D eigenvalue weighted by Crippen LogP contribution is 2.38. The zero-order chi connectivity index (χ0) is 21.1. The lowest BCUT2D eigenvalue weighted by atomic mass is 9.87. The molecule has 0 aliphatic carbocycles. The summed E-state index contributed by atoms with van der Waals surface area (Å²) in [6.45, 7) is 0.256. The van der Waals surface area contributed by atoms with Gasteiger partial charge in [0.2, 0.25) is 0 Å². The summed E-state index contributed by atoms with van der Waals surface area (Å²) in [4.78, 5) is 3.56. The summed E-state index contributed by atoms with van der Waals surface area (Å²) in [5.41, 5.74) is 5.25. The molecule has 4 rings (SSSR count). The van der Waals surface area contributed by atoms with Crippen LogP contribution in [0.1, 0.15) is 17.0 Å². The van der Waals surface area contributed by atoms with Gasteiger partial charge in [0.15, 0.2) is 0 Å². The molecule has 1 aromatic heterocycles. The van der Waals surface area contributed by atoms with E-state index in [1.54, 1.807) is 0 Å². The molecule has 6 heteroatoms.